The first kappa shape index (κ1) is 17.1. The zero-order valence-corrected chi connectivity index (χ0v) is 15.2. The van der Waals surface area contributed by atoms with Gasteiger partial charge in [0.1, 0.15) is 5.75 Å². The van der Waals surface area contributed by atoms with E-state index in [1.165, 1.54) is 0 Å². The number of hydrogen-bond donors (Lipinski definition) is 0. The van der Waals surface area contributed by atoms with E-state index in [0.717, 1.165) is 23.1 Å². The molecule has 0 N–H and O–H groups in total. The van der Waals surface area contributed by atoms with E-state index in [2.05, 4.69) is 20.8 Å². The lowest BCUT2D eigenvalue weighted by Gasteiger charge is -2.34. The van der Waals surface area contributed by atoms with Gasteiger partial charge in [-0.1, -0.05) is 30.3 Å². The Morgan fingerprint density at radius 3 is 2.50 bits per heavy atom. The van der Waals surface area contributed by atoms with Gasteiger partial charge < -0.3 is 9.47 Å². The van der Waals surface area contributed by atoms with Gasteiger partial charge in [0.15, 0.2) is 5.78 Å². The minimum atomic E-state index is -0.296. The van der Waals surface area contributed by atoms with E-state index in [4.69, 9.17) is 9.47 Å². The SMILES string of the molecule is COc1ccc(C(=O)C(c2ccccc2)N2CCOCC2)cc1Br. The molecular weight excluding hydrogens is 370 g/mol. The Kier molecular flexibility index (Phi) is 5.66. The van der Waals surface area contributed by atoms with Crippen molar-refractivity contribution >= 4 is 21.7 Å². The maximum atomic E-state index is 13.3. The maximum Gasteiger partial charge on any atom is 0.184 e. The lowest BCUT2D eigenvalue weighted by Crippen LogP contribution is -2.42. The molecule has 2 aromatic carbocycles. The molecule has 2 aromatic rings. The highest BCUT2D eigenvalue weighted by atomic mass is 79.9. The fourth-order valence-electron chi connectivity index (χ4n) is 2.98. The number of ether oxygens (including phenoxy) is 2. The lowest BCUT2D eigenvalue weighted by molar-refractivity contribution is 0.0172. The van der Waals surface area contributed by atoms with E-state index in [0.29, 0.717) is 24.5 Å². The topological polar surface area (TPSA) is 38.8 Å². The quantitative estimate of drug-likeness (QED) is 0.730. The van der Waals surface area contributed by atoms with Crippen LogP contribution in [0.1, 0.15) is 22.0 Å². The Bertz CT molecular complexity index is 699. The minimum absolute atomic E-state index is 0.0893. The normalized spacial score (nSPS) is 16.6. The summed E-state index contributed by atoms with van der Waals surface area (Å²) in [6.45, 7) is 2.82. The lowest BCUT2D eigenvalue weighted by atomic mass is 9.95. The molecule has 1 atom stereocenters. The van der Waals surface area contributed by atoms with Crippen LogP contribution in [0.25, 0.3) is 0 Å². The number of methoxy groups -OCH3 is 1. The van der Waals surface area contributed by atoms with Gasteiger partial charge in [-0.25, -0.2) is 0 Å². The molecule has 4 nitrogen and oxygen atoms in total. The number of hydrogen-bond acceptors (Lipinski definition) is 4. The first-order valence-electron chi connectivity index (χ1n) is 7.95. The van der Waals surface area contributed by atoms with Crippen molar-refractivity contribution < 1.29 is 14.3 Å². The predicted molar refractivity (Wildman–Crippen MR) is 96.6 cm³/mol. The van der Waals surface area contributed by atoms with Crippen molar-refractivity contribution in [1.29, 1.82) is 0 Å². The summed E-state index contributed by atoms with van der Waals surface area (Å²) in [5.41, 5.74) is 1.68. The van der Waals surface area contributed by atoms with E-state index in [9.17, 15) is 4.79 Å². The molecular formula is C19H20BrNO3. The standard InChI is InChI=1S/C19H20BrNO3/c1-23-17-8-7-15(13-16(17)20)19(22)18(14-5-3-2-4-6-14)21-9-11-24-12-10-21/h2-8,13,18H,9-12H2,1H3. The van der Waals surface area contributed by atoms with E-state index in [1.54, 1.807) is 7.11 Å². The van der Waals surface area contributed by atoms with Gasteiger partial charge in [-0.3, -0.25) is 9.69 Å². The number of Topliss-reactive ketones (excluding diaryl/α,β-unsaturated/α-hetero) is 1. The molecule has 1 aliphatic heterocycles. The van der Waals surface area contributed by atoms with E-state index >= 15 is 0 Å². The molecule has 1 unspecified atom stereocenters. The van der Waals surface area contributed by atoms with Crippen molar-refractivity contribution in [3.63, 3.8) is 0 Å². The molecule has 1 saturated heterocycles. The van der Waals surface area contributed by atoms with Crippen LogP contribution < -0.4 is 4.74 Å². The third kappa shape index (κ3) is 3.69. The summed E-state index contributed by atoms with van der Waals surface area (Å²) in [4.78, 5) is 15.4. The van der Waals surface area contributed by atoms with Crippen LogP contribution in [-0.2, 0) is 4.74 Å². The van der Waals surface area contributed by atoms with Crippen LogP contribution in [0.15, 0.2) is 53.0 Å². The Labute approximate surface area is 150 Å². The largest absolute Gasteiger partial charge is 0.496 e. The van der Waals surface area contributed by atoms with Crippen LogP contribution in [0.4, 0.5) is 0 Å². The summed E-state index contributed by atoms with van der Waals surface area (Å²) in [6, 6.07) is 15.1. The molecule has 24 heavy (non-hydrogen) atoms. The molecule has 5 heteroatoms. The number of morpholine rings is 1. The summed E-state index contributed by atoms with van der Waals surface area (Å²) >= 11 is 3.47. The van der Waals surface area contributed by atoms with Crippen LogP contribution in [0.5, 0.6) is 5.75 Å². The van der Waals surface area contributed by atoms with Gasteiger partial charge in [-0.05, 0) is 39.7 Å². The van der Waals surface area contributed by atoms with Gasteiger partial charge in [-0.15, -0.1) is 0 Å². The van der Waals surface area contributed by atoms with Gasteiger partial charge in [0, 0.05) is 18.7 Å². The summed E-state index contributed by atoms with van der Waals surface area (Å²) in [6.07, 6.45) is 0. The van der Waals surface area contributed by atoms with Crippen molar-refractivity contribution in [2.45, 2.75) is 6.04 Å². The number of ketones is 1. The van der Waals surface area contributed by atoms with Crippen molar-refractivity contribution in [3.8, 4) is 5.75 Å². The van der Waals surface area contributed by atoms with Crippen molar-refractivity contribution in [1.82, 2.24) is 4.90 Å². The second kappa shape index (κ2) is 7.92. The van der Waals surface area contributed by atoms with Crippen LogP contribution in [0, 0.1) is 0 Å². The van der Waals surface area contributed by atoms with Gasteiger partial charge in [0.2, 0.25) is 0 Å². The molecule has 0 aromatic heterocycles. The van der Waals surface area contributed by atoms with Crippen LogP contribution >= 0.6 is 15.9 Å². The Hall–Kier alpha value is -1.69. The predicted octanol–water partition coefficient (Wildman–Crippen LogP) is 3.71. The second-order valence-corrected chi connectivity index (χ2v) is 6.53. The van der Waals surface area contributed by atoms with Crippen LogP contribution in [0.3, 0.4) is 0 Å². The fourth-order valence-corrected chi connectivity index (χ4v) is 3.52. The van der Waals surface area contributed by atoms with Crippen LogP contribution in [-0.4, -0.2) is 44.1 Å². The molecule has 0 spiro atoms. The average molecular weight is 390 g/mol. The maximum absolute atomic E-state index is 13.3. The summed E-state index contributed by atoms with van der Waals surface area (Å²) in [7, 11) is 1.61. The molecule has 1 heterocycles. The Morgan fingerprint density at radius 1 is 1.17 bits per heavy atom. The first-order chi connectivity index (χ1) is 11.7. The molecule has 126 valence electrons. The molecule has 3 rings (SSSR count). The van der Waals surface area contributed by atoms with Crippen molar-refractivity contribution in [2.24, 2.45) is 0 Å². The van der Waals surface area contributed by atoms with E-state index in [1.807, 2.05) is 48.5 Å². The zero-order chi connectivity index (χ0) is 16.9. The number of rotatable bonds is 5. The Morgan fingerprint density at radius 2 is 1.88 bits per heavy atom. The smallest absolute Gasteiger partial charge is 0.184 e. The average Bonchev–Trinajstić information content (AvgIpc) is 2.63. The minimum Gasteiger partial charge on any atom is -0.496 e. The number of benzene rings is 2. The van der Waals surface area contributed by atoms with Gasteiger partial charge in [-0.2, -0.15) is 0 Å². The number of nitrogens with zero attached hydrogens (tertiary/aromatic N) is 1. The van der Waals surface area contributed by atoms with E-state index in [-0.39, 0.29) is 11.8 Å². The fraction of sp³-hybridized carbons (Fsp3) is 0.316. The van der Waals surface area contributed by atoms with Crippen molar-refractivity contribution in [3.05, 3.63) is 64.1 Å². The molecule has 1 aliphatic rings. The highest BCUT2D eigenvalue weighted by Gasteiger charge is 2.30. The zero-order valence-electron chi connectivity index (χ0n) is 13.6. The first-order valence-corrected chi connectivity index (χ1v) is 8.74. The third-order valence-corrected chi connectivity index (χ3v) is 4.83. The second-order valence-electron chi connectivity index (χ2n) is 5.68. The number of carbonyl (C=O) groups is 1. The van der Waals surface area contributed by atoms with E-state index < -0.39 is 0 Å². The van der Waals surface area contributed by atoms with Crippen LogP contribution in [0.2, 0.25) is 0 Å². The highest BCUT2D eigenvalue weighted by molar-refractivity contribution is 9.10. The summed E-state index contributed by atoms with van der Waals surface area (Å²) in [5.74, 6) is 0.806. The molecule has 1 fully saturated rings. The molecule has 0 radical (unpaired) electrons. The van der Waals surface area contributed by atoms with Gasteiger partial charge in [0.25, 0.3) is 0 Å². The van der Waals surface area contributed by atoms with Gasteiger partial charge in [0.05, 0.1) is 30.8 Å². The summed E-state index contributed by atoms with van der Waals surface area (Å²) in [5, 5.41) is 0. The molecule has 0 amide bonds. The van der Waals surface area contributed by atoms with Gasteiger partial charge >= 0.3 is 0 Å². The third-order valence-electron chi connectivity index (χ3n) is 4.21. The van der Waals surface area contributed by atoms with Crippen molar-refractivity contribution in [2.75, 3.05) is 33.4 Å². The monoisotopic (exact) mass is 389 g/mol. The highest BCUT2D eigenvalue weighted by Crippen LogP contribution is 2.30. The summed E-state index contributed by atoms with van der Waals surface area (Å²) < 4.78 is 11.5. The molecule has 0 bridgehead atoms. The number of halogens is 1. The molecule has 0 aliphatic carbocycles. The Balaban J connectivity index is 1.95. The number of carbonyl (C=O) groups excluding carboxylic acids is 1. The molecule has 0 saturated carbocycles.